The van der Waals surface area contributed by atoms with Crippen LogP contribution in [0.15, 0.2) is 30.5 Å². The minimum atomic E-state index is -0.326. The highest BCUT2D eigenvalue weighted by atomic mass is 16.1. The maximum Gasteiger partial charge on any atom is 0.219 e. The van der Waals surface area contributed by atoms with Crippen molar-refractivity contribution in [2.24, 2.45) is 5.73 Å². The molecule has 1 unspecified atom stereocenters. The number of nitrogens with one attached hydrogen (secondary N) is 1. The number of carbonyl (C=O) groups excluding carboxylic acids is 1. The van der Waals surface area contributed by atoms with Crippen LogP contribution in [0.3, 0.4) is 0 Å². The Morgan fingerprint density at radius 3 is 2.94 bits per heavy atom. The predicted octanol–water partition coefficient (Wildman–Crippen LogP) is 1.49. The number of benzene rings is 1. The van der Waals surface area contributed by atoms with E-state index in [2.05, 4.69) is 10.3 Å². The Bertz CT molecular complexity index is 582. The second-order valence-corrected chi connectivity index (χ2v) is 4.32. The van der Waals surface area contributed by atoms with Crippen LogP contribution in [0.2, 0.25) is 0 Å². The first-order chi connectivity index (χ1) is 8.58. The lowest BCUT2D eigenvalue weighted by molar-refractivity contribution is -0.118. The van der Waals surface area contributed by atoms with Gasteiger partial charge in [0.2, 0.25) is 5.91 Å². The van der Waals surface area contributed by atoms with Gasteiger partial charge in [-0.15, -0.1) is 0 Å². The highest BCUT2D eigenvalue weighted by molar-refractivity contribution is 5.97. The maximum atomic E-state index is 10.9. The fourth-order valence-electron chi connectivity index (χ4n) is 1.94. The molecule has 0 saturated heterocycles. The van der Waals surface area contributed by atoms with Gasteiger partial charge in [0.15, 0.2) is 0 Å². The normalized spacial score (nSPS) is 12.3. The summed E-state index contributed by atoms with van der Waals surface area (Å²) >= 11 is 0. The molecule has 1 heterocycles. The van der Waals surface area contributed by atoms with Gasteiger partial charge < -0.3 is 16.8 Å². The molecule has 18 heavy (non-hydrogen) atoms. The van der Waals surface area contributed by atoms with E-state index in [1.54, 1.807) is 6.20 Å². The van der Waals surface area contributed by atoms with E-state index >= 15 is 0 Å². The summed E-state index contributed by atoms with van der Waals surface area (Å²) in [5.41, 5.74) is 13.3. The van der Waals surface area contributed by atoms with Crippen LogP contribution in [-0.4, -0.2) is 16.9 Å². The van der Waals surface area contributed by atoms with E-state index in [0.29, 0.717) is 5.69 Å². The largest absolute Gasteiger partial charge is 0.397 e. The van der Waals surface area contributed by atoms with E-state index in [1.807, 2.05) is 31.2 Å². The van der Waals surface area contributed by atoms with Gasteiger partial charge in [-0.3, -0.25) is 9.78 Å². The molecule has 0 aliphatic rings. The summed E-state index contributed by atoms with van der Waals surface area (Å²) in [5, 5.41) is 4.19. The lowest BCUT2D eigenvalue weighted by Crippen LogP contribution is -2.24. The molecule has 5 N–H and O–H groups in total. The molecule has 0 bridgehead atoms. The van der Waals surface area contributed by atoms with Crippen LogP contribution in [0.1, 0.15) is 13.3 Å². The number of primary amides is 1. The van der Waals surface area contributed by atoms with Crippen LogP contribution in [-0.2, 0) is 4.79 Å². The van der Waals surface area contributed by atoms with Crippen molar-refractivity contribution >= 4 is 28.2 Å². The minimum Gasteiger partial charge on any atom is -0.397 e. The summed E-state index contributed by atoms with van der Waals surface area (Å²) in [7, 11) is 0. The van der Waals surface area contributed by atoms with Crippen molar-refractivity contribution in [3.05, 3.63) is 30.5 Å². The van der Waals surface area contributed by atoms with Crippen LogP contribution in [0.25, 0.3) is 10.9 Å². The van der Waals surface area contributed by atoms with Crippen molar-refractivity contribution in [2.75, 3.05) is 11.1 Å². The Morgan fingerprint density at radius 2 is 2.22 bits per heavy atom. The number of pyridine rings is 1. The average Bonchev–Trinajstić information content (AvgIpc) is 2.29. The Kier molecular flexibility index (Phi) is 3.32. The van der Waals surface area contributed by atoms with Gasteiger partial charge >= 0.3 is 0 Å². The smallest absolute Gasteiger partial charge is 0.219 e. The second-order valence-electron chi connectivity index (χ2n) is 4.32. The van der Waals surface area contributed by atoms with Gasteiger partial charge in [-0.2, -0.15) is 0 Å². The molecule has 0 aliphatic heterocycles. The van der Waals surface area contributed by atoms with Gasteiger partial charge in [0.25, 0.3) is 0 Å². The Balaban J connectivity index is 2.34. The standard InChI is InChI=1S/C13H16N4O/c1-8(7-12(15)18)17-11-5-6-16-13-9(11)3-2-4-10(13)14/h2-6,8H,7,14H2,1H3,(H2,15,18)(H,16,17). The van der Waals surface area contributed by atoms with E-state index in [1.165, 1.54) is 0 Å². The van der Waals surface area contributed by atoms with Gasteiger partial charge in [0, 0.05) is 29.7 Å². The van der Waals surface area contributed by atoms with Crippen molar-refractivity contribution in [3.63, 3.8) is 0 Å². The first kappa shape index (κ1) is 12.2. The number of rotatable bonds is 4. The third kappa shape index (κ3) is 2.51. The number of nitrogens with two attached hydrogens (primary N) is 2. The zero-order valence-corrected chi connectivity index (χ0v) is 10.2. The summed E-state index contributed by atoms with van der Waals surface area (Å²) in [6.45, 7) is 1.91. The van der Waals surface area contributed by atoms with Crippen molar-refractivity contribution in [1.82, 2.24) is 4.98 Å². The van der Waals surface area contributed by atoms with Crippen LogP contribution < -0.4 is 16.8 Å². The van der Waals surface area contributed by atoms with E-state index in [-0.39, 0.29) is 18.4 Å². The molecule has 5 nitrogen and oxygen atoms in total. The molecule has 1 aromatic heterocycles. The van der Waals surface area contributed by atoms with Gasteiger partial charge in [-0.05, 0) is 19.1 Å². The third-order valence-electron chi connectivity index (χ3n) is 2.71. The molecule has 0 radical (unpaired) electrons. The minimum absolute atomic E-state index is 0.0328. The number of carbonyl (C=O) groups is 1. The van der Waals surface area contributed by atoms with E-state index in [4.69, 9.17) is 11.5 Å². The maximum absolute atomic E-state index is 10.9. The number of aromatic nitrogens is 1. The van der Waals surface area contributed by atoms with Crippen LogP contribution >= 0.6 is 0 Å². The molecule has 0 aliphatic carbocycles. The van der Waals surface area contributed by atoms with E-state index < -0.39 is 0 Å². The number of para-hydroxylation sites is 1. The quantitative estimate of drug-likeness (QED) is 0.710. The fraction of sp³-hybridized carbons (Fsp3) is 0.231. The summed E-state index contributed by atoms with van der Waals surface area (Å²) in [5.74, 6) is -0.326. The number of amides is 1. The Labute approximate surface area is 105 Å². The Morgan fingerprint density at radius 1 is 1.44 bits per heavy atom. The zero-order valence-electron chi connectivity index (χ0n) is 10.2. The number of nitrogens with zero attached hydrogens (tertiary/aromatic N) is 1. The SMILES string of the molecule is CC(CC(N)=O)Nc1ccnc2c(N)cccc12. The number of hydrogen-bond acceptors (Lipinski definition) is 4. The van der Waals surface area contributed by atoms with Crippen LogP contribution in [0, 0.1) is 0 Å². The van der Waals surface area contributed by atoms with Gasteiger partial charge in [0.05, 0.1) is 11.2 Å². The summed E-state index contributed by atoms with van der Waals surface area (Å²) in [6, 6.07) is 7.46. The summed E-state index contributed by atoms with van der Waals surface area (Å²) < 4.78 is 0. The number of anilines is 2. The molecule has 0 spiro atoms. The topological polar surface area (TPSA) is 94.0 Å². The monoisotopic (exact) mass is 244 g/mol. The lowest BCUT2D eigenvalue weighted by atomic mass is 10.1. The molecule has 0 saturated carbocycles. The average molecular weight is 244 g/mol. The molecule has 2 aromatic rings. The highest BCUT2D eigenvalue weighted by Crippen LogP contribution is 2.26. The molecular weight excluding hydrogens is 228 g/mol. The molecular formula is C13H16N4O. The van der Waals surface area contributed by atoms with Gasteiger partial charge in [-0.25, -0.2) is 0 Å². The second kappa shape index (κ2) is 4.91. The number of hydrogen-bond donors (Lipinski definition) is 3. The third-order valence-corrected chi connectivity index (χ3v) is 2.71. The van der Waals surface area contributed by atoms with Crippen molar-refractivity contribution in [3.8, 4) is 0 Å². The summed E-state index contributed by atoms with van der Waals surface area (Å²) in [6.07, 6.45) is 1.98. The molecule has 0 fully saturated rings. The number of fused-ring (bicyclic) bond motifs is 1. The van der Waals surface area contributed by atoms with Crippen LogP contribution in [0.5, 0.6) is 0 Å². The molecule has 5 heteroatoms. The molecule has 94 valence electrons. The lowest BCUT2D eigenvalue weighted by Gasteiger charge is -2.15. The van der Waals surface area contributed by atoms with Crippen LogP contribution in [0.4, 0.5) is 11.4 Å². The molecule has 2 rings (SSSR count). The van der Waals surface area contributed by atoms with Gasteiger partial charge in [0.1, 0.15) is 0 Å². The highest BCUT2D eigenvalue weighted by Gasteiger charge is 2.09. The fourth-order valence-corrected chi connectivity index (χ4v) is 1.94. The predicted molar refractivity (Wildman–Crippen MR) is 73.1 cm³/mol. The van der Waals surface area contributed by atoms with E-state index in [0.717, 1.165) is 16.6 Å². The van der Waals surface area contributed by atoms with Crippen molar-refractivity contribution in [2.45, 2.75) is 19.4 Å². The zero-order chi connectivity index (χ0) is 13.1. The Hall–Kier alpha value is -2.30. The first-order valence-corrected chi connectivity index (χ1v) is 5.76. The first-order valence-electron chi connectivity index (χ1n) is 5.76. The summed E-state index contributed by atoms with van der Waals surface area (Å²) in [4.78, 5) is 15.1. The molecule has 1 aromatic carbocycles. The van der Waals surface area contributed by atoms with Crippen molar-refractivity contribution in [1.29, 1.82) is 0 Å². The number of nitrogen functional groups attached to an aromatic ring is 1. The molecule has 1 amide bonds. The van der Waals surface area contributed by atoms with E-state index in [9.17, 15) is 4.79 Å². The molecule has 1 atom stereocenters. The van der Waals surface area contributed by atoms with Crippen molar-refractivity contribution < 1.29 is 4.79 Å². The van der Waals surface area contributed by atoms with Gasteiger partial charge in [-0.1, -0.05) is 12.1 Å².